The first kappa shape index (κ1) is 19.4. The van der Waals surface area contributed by atoms with Crippen molar-refractivity contribution in [3.05, 3.63) is 70.7 Å². The summed E-state index contributed by atoms with van der Waals surface area (Å²) in [6.45, 7) is 3.76. The summed E-state index contributed by atoms with van der Waals surface area (Å²) in [6, 6.07) is 16.2. The van der Waals surface area contributed by atoms with Crippen molar-refractivity contribution in [3.8, 4) is 0 Å². The van der Waals surface area contributed by atoms with Crippen LogP contribution >= 0.6 is 11.6 Å². The van der Waals surface area contributed by atoms with Crippen molar-refractivity contribution in [2.45, 2.75) is 32.2 Å². The summed E-state index contributed by atoms with van der Waals surface area (Å²) in [6.07, 6.45) is 2.44. The summed E-state index contributed by atoms with van der Waals surface area (Å²) in [4.78, 5) is 27.5. The Hall–Kier alpha value is -2.33. The van der Waals surface area contributed by atoms with Gasteiger partial charge >= 0.3 is 0 Å². The predicted molar refractivity (Wildman–Crippen MR) is 108 cm³/mol. The second-order valence-electron chi connectivity index (χ2n) is 7.21. The SMILES string of the molecule is CC1CCCN(C(=O)CC(NC(=O)c2ccccc2Cl)c2ccccc2)C1. The Morgan fingerprint density at radius 2 is 1.85 bits per heavy atom. The molecular weight excluding hydrogens is 360 g/mol. The molecule has 2 unspecified atom stereocenters. The third-order valence-electron chi connectivity index (χ3n) is 5.01. The molecule has 2 aromatic carbocycles. The first-order valence-electron chi connectivity index (χ1n) is 9.42. The first-order valence-corrected chi connectivity index (χ1v) is 9.80. The highest BCUT2D eigenvalue weighted by Crippen LogP contribution is 2.23. The molecule has 1 N–H and O–H groups in total. The van der Waals surface area contributed by atoms with E-state index in [1.165, 1.54) is 0 Å². The quantitative estimate of drug-likeness (QED) is 0.827. The number of carbonyl (C=O) groups excluding carboxylic acids is 2. The van der Waals surface area contributed by atoms with Crippen molar-refractivity contribution in [2.24, 2.45) is 5.92 Å². The second-order valence-corrected chi connectivity index (χ2v) is 7.62. The molecule has 1 fully saturated rings. The van der Waals surface area contributed by atoms with Gasteiger partial charge in [0, 0.05) is 13.1 Å². The van der Waals surface area contributed by atoms with Gasteiger partial charge in [0.05, 0.1) is 23.0 Å². The van der Waals surface area contributed by atoms with Crippen LogP contribution in [0.2, 0.25) is 5.02 Å². The third-order valence-corrected chi connectivity index (χ3v) is 5.34. The van der Waals surface area contributed by atoms with E-state index in [2.05, 4.69) is 12.2 Å². The van der Waals surface area contributed by atoms with Crippen molar-refractivity contribution >= 4 is 23.4 Å². The van der Waals surface area contributed by atoms with Crippen LogP contribution in [0.5, 0.6) is 0 Å². The number of halogens is 1. The predicted octanol–water partition coefficient (Wildman–Crippen LogP) is 4.46. The summed E-state index contributed by atoms with van der Waals surface area (Å²) >= 11 is 6.16. The van der Waals surface area contributed by atoms with Crippen LogP contribution in [0.15, 0.2) is 54.6 Å². The smallest absolute Gasteiger partial charge is 0.253 e. The van der Waals surface area contributed by atoms with Gasteiger partial charge in [-0.05, 0) is 36.5 Å². The molecule has 1 aliphatic heterocycles. The van der Waals surface area contributed by atoms with Crippen molar-refractivity contribution in [3.63, 3.8) is 0 Å². The molecule has 2 aromatic rings. The Kier molecular flexibility index (Phi) is 6.51. The summed E-state index contributed by atoms with van der Waals surface area (Å²) in [5.74, 6) is 0.333. The molecule has 27 heavy (non-hydrogen) atoms. The molecule has 4 nitrogen and oxygen atoms in total. The van der Waals surface area contributed by atoms with Gasteiger partial charge in [-0.2, -0.15) is 0 Å². The maximum absolute atomic E-state index is 12.9. The Morgan fingerprint density at radius 1 is 1.15 bits per heavy atom. The molecule has 3 rings (SSSR count). The average Bonchev–Trinajstić information content (AvgIpc) is 2.68. The lowest BCUT2D eigenvalue weighted by molar-refractivity contribution is -0.133. The first-order chi connectivity index (χ1) is 13.0. The Labute approximate surface area is 165 Å². The molecule has 1 saturated heterocycles. The number of rotatable bonds is 5. The number of piperidine rings is 1. The average molecular weight is 385 g/mol. The molecule has 142 valence electrons. The number of benzene rings is 2. The third kappa shape index (κ3) is 5.10. The van der Waals surface area contributed by atoms with E-state index in [1.807, 2.05) is 35.2 Å². The van der Waals surface area contributed by atoms with E-state index < -0.39 is 0 Å². The second kappa shape index (κ2) is 9.05. The topological polar surface area (TPSA) is 49.4 Å². The Morgan fingerprint density at radius 3 is 2.56 bits per heavy atom. The zero-order valence-corrected chi connectivity index (χ0v) is 16.3. The number of hydrogen-bond acceptors (Lipinski definition) is 2. The molecule has 0 bridgehead atoms. The summed E-state index contributed by atoms with van der Waals surface area (Å²) in [5, 5.41) is 3.40. The highest BCUT2D eigenvalue weighted by Gasteiger charge is 2.25. The maximum atomic E-state index is 12.9. The van der Waals surface area contributed by atoms with Crippen LogP contribution in [-0.2, 0) is 4.79 Å². The van der Waals surface area contributed by atoms with Gasteiger partial charge in [-0.3, -0.25) is 9.59 Å². The number of amides is 2. The van der Waals surface area contributed by atoms with E-state index in [0.717, 1.165) is 31.5 Å². The van der Waals surface area contributed by atoms with Crippen molar-refractivity contribution in [2.75, 3.05) is 13.1 Å². The fourth-order valence-electron chi connectivity index (χ4n) is 3.54. The minimum atomic E-state index is -0.389. The largest absolute Gasteiger partial charge is 0.345 e. The molecule has 1 aliphatic rings. The lowest BCUT2D eigenvalue weighted by atomic mass is 9.98. The standard InChI is InChI=1S/C22H25ClN2O2/c1-16-8-7-13-25(15-16)21(26)14-20(17-9-3-2-4-10-17)24-22(27)18-11-5-6-12-19(18)23/h2-6,9-12,16,20H,7-8,13-15H2,1H3,(H,24,27). The highest BCUT2D eigenvalue weighted by atomic mass is 35.5. The molecule has 0 aliphatic carbocycles. The number of likely N-dealkylation sites (tertiary alicyclic amines) is 1. The van der Waals surface area contributed by atoms with Gasteiger partial charge in [0.1, 0.15) is 0 Å². The molecule has 2 atom stereocenters. The van der Waals surface area contributed by atoms with E-state index in [4.69, 9.17) is 11.6 Å². The van der Waals surface area contributed by atoms with Gasteiger partial charge in [0.2, 0.25) is 5.91 Å². The van der Waals surface area contributed by atoms with Crippen LogP contribution in [-0.4, -0.2) is 29.8 Å². The maximum Gasteiger partial charge on any atom is 0.253 e. The van der Waals surface area contributed by atoms with Crippen molar-refractivity contribution in [1.29, 1.82) is 0 Å². The van der Waals surface area contributed by atoms with Crippen LogP contribution < -0.4 is 5.32 Å². The van der Waals surface area contributed by atoms with Crippen LogP contribution in [0.1, 0.15) is 48.1 Å². The van der Waals surface area contributed by atoms with Crippen LogP contribution in [0.25, 0.3) is 0 Å². The number of hydrogen-bond donors (Lipinski definition) is 1. The van der Waals surface area contributed by atoms with Gasteiger partial charge < -0.3 is 10.2 Å². The Balaban J connectivity index is 1.76. The lowest BCUT2D eigenvalue weighted by Crippen LogP contribution is -2.41. The van der Waals surface area contributed by atoms with Crippen molar-refractivity contribution in [1.82, 2.24) is 10.2 Å². The summed E-state index contributed by atoms with van der Waals surface area (Å²) < 4.78 is 0. The number of carbonyl (C=O) groups is 2. The van der Waals surface area contributed by atoms with E-state index in [9.17, 15) is 9.59 Å². The van der Waals surface area contributed by atoms with Crippen molar-refractivity contribution < 1.29 is 9.59 Å². The number of nitrogens with one attached hydrogen (secondary N) is 1. The molecular formula is C22H25ClN2O2. The van der Waals surface area contributed by atoms with Gasteiger partial charge in [0.25, 0.3) is 5.91 Å². The van der Waals surface area contributed by atoms with Gasteiger partial charge in [-0.25, -0.2) is 0 Å². The molecule has 0 spiro atoms. The summed E-state index contributed by atoms with van der Waals surface area (Å²) in [5.41, 5.74) is 1.33. The zero-order valence-electron chi connectivity index (χ0n) is 15.5. The minimum absolute atomic E-state index is 0.0786. The van der Waals surface area contributed by atoms with Crippen LogP contribution in [0, 0.1) is 5.92 Å². The zero-order chi connectivity index (χ0) is 19.2. The molecule has 0 saturated carbocycles. The van der Waals surface area contributed by atoms with Crippen LogP contribution in [0.4, 0.5) is 0 Å². The molecule has 5 heteroatoms. The monoisotopic (exact) mass is 384 g/mol. The van der Waals surface area contributed by atoms with Gasteiger partial charge in [-0.1, -0.05) is 61.0 Å². The van der Waals surface area contributed by atoms with Gasteiger partial charge in [0.15, 0.2) is 0 Å². The fourth-order valence-corrected chi connectivity index (χ4v) is 3.76. The van der Waals surface area contributed by atoms with E-state index in [-0.39, 0.29) is 24.3 Å². The number of nitrogens with zero attached hydrogens (tertiary/aromatic N) is 1. The lowest BCUT2D eigenvalue weighted by Gasteiger charge is -2.32. The minimum Gasteiger partial charge on any atom is -0.345 e. The molecule has 2 amide bonds. The Bertz CT molecular complexity index is 794. The van der Waals surface area contributed by atoms with E-state index in [0.29, 0.717) is 16.5 Å². The fraction of sp³-hybridized carbons (Fsp3) is 0.364. The van der Waals surface area contributed by atoms with Gasteiger partial charge in [-0.15, -0.1) is 0 Å². The normalized spacial score (nSPS) is 18.0. The molecule has 1 heterocycles. The van der Waals surface area contributed by atoms with E-state index in [1.54, 1.807) is 24.3 Å². The molecule has 0 aromatic heterocycles. The van der Waals surface area contributed by atoms with Crippen LogP contribution in [0.3, 0.4) is 0 Å². The molecule has 0 radical (unpaired) electrons. The highest BCUT2D eigenvalue weighted by molar-refractivity contribution is 6.33. The van der Waals surface area contributed by atoms with E-state index >= 15 is 0 Å². The summed E-state index contributed by atoms with van der Waals surface area (Å²) in [7, 11) is 0.